The van der Waals surface area contributed by atoms with Gasteiger partial charge in [-0.15, -0.1) is 0 Å². The van der Waals surface area contributed by atoms with Gasteiger partial charge in [0.05, 0.1) is 12.2 Å². The molecule has 160 valence electrons. The molecule has 0 aromatic carbocycles. The molecule has 0 heterocycles. The molecule has 0 radical (unpaired) electrons. The van der Waals surface area contributed by atoms with Gasteiger partial charge in [-0.05, 0) is 111 Å². The number of aliphatic carboxylic acids is 1. The first-order valence-electron chi connectivity index (χ1n) is 11.7. The number of rotatable bonds is 4. The van der Waals surface area contributed by atoms with Crippen molar-refractivity contribution in [2.75, 3.05) is 0 Å². The molecule has 0 spiro atoms. The maximum Gasteiger partial charge on any atom is 0.0602 e. The first-order valence-corrected chi connectivity index (χ1v) is 11.7. The van der Waals surface area contributed by atoms with Gasteiger partial charge in [0.1, 0.15) is 0 Å². The highest BCUT2D eigenvalue weighted by Crippen LogP contribution is 2.68. The molecule has 4 saturated carbocycles. The van der Waals surface area contributed by atoms with E-state index >= 15 is 0 Å². The molecule has 0 aromatic heterocycles. The SMILES string of the molecule is CC(CCC(=O)[O-])C1CCC2C3CCC4CC(O)CCC4(C)C3CC(O)C12C. The van der Waals surface area contributed by atoms with Crippen LogP contribution < -0.4 is 5.11 Å². The highest BCUT2D eigenvalue weighted by Gasteiger charge is 2.63. The molecule has 4 aliphatic carbocycles. The fourth-order valence-corrected chi connectivity index (χ4v) is 8.71. The van der Waals surface area contributed by atoms with Crippen LogP contribution in [0, 0.1) is 46.3 Å². The van der Waals surface area contributed by atoms with Crippen molar-refractivity contribution in [3.05, 3.63) is 0 Å². The van der Waals surface area contributed by atoms with Crippen LogP contribution in [0.3, 0.4) is 0 Å². The predicted octanol–water partition coefficient (Wildman–Crippen LogP) is 3.14. The van der Waals surface area contributed by atoms with Crippen molar-refractivity contribution in [1.82, 2.24) is 0 Å². The van der Waals surface area contributed by atoms with Crippen LogP contribution in [-0.4, -0.2) is 28.4 Å². The molecule has 28 heavy (non-hydrogen) atoms. The quantitative estimate of drug-likeness (QED) is 0.771. The summed E-state index contributed by atoms with van der Waals surface area (Å²) in [6, 6.07) is 0. The lowest BCUT2D eigenvalue weighted by Crippen LogP contribution is -2.58. The topological polar surface area (TPSA) is 80.6 Å². The Morgan fingerprint density at radius 2 is 1.82 bits per heavy atom. The van der Waals surface area contributed by atoms with Gasteiger partial charge >= 0.3 is 0 Å². The first kappa shape index (κ1) is 20.7. The molecule has 4 nitrogen and oxygen atoms in total. The van der Waals surface area contributed by atoms with E-state index in [-0.39, 0.29) is 29.5 Å². The van der Waals surface area contributed by atoms with Crippen LogP contribution in [0.5, 0.6) is 0 Å². The second kappa shape index (κ2) is 7.27. The molecule has 2 N–H and O–H groups in total. The van der Waals surface area contributed by atoms with Crippen molar-refractivity contribution in [1.29, 1.82) is 0 Å². The predicted molar refractivity (Wildman–Crippen MR) is 106 cm³/mol. The van der Waals surface area contributed by atoms with E-state index in [9.17, 15) is 20.1 Å². The number of aliphatic hydroxyl groups is 2. The molecule has 4 rings (SSSR count). The van der Waals surface area contributed by atoms with E-state index in [1.807, 2.05) is 0 Å². The number of fused-ring (bicyclic) bond motifs is 5. The molecule has 4 heteroatoms. The smallest absolute Gasteiger partial charge is 0.0602 e. The zero-order valence-electron chi connectivity index (χ0n) is 17.9. The van der Waals surface area contributed by atoms with Gasteiger partial charge in [0.25, 0.3) is 0 Å². The molecule has 0 aliphatic heterocycles. The van der Waals surface area contributed by atoms with E-state index in [2.05, 4.69) is 20.8 Å². The Kier molecular flexibility index (Phi) is 5.36. The van der Waals surface area contributed by atoms with Crippen molar-refractivity contribution in [3.63, 3.8) is 0 Å². The van der Waals surface area contributed by atoms with Crippen molar-refractivity contribution in [2.24, 2.45) is 46.3 Å². The van der Waals surface area contributed by atoms with Gasteiger partial charge < -0.3 is 20.1 Å². The number of carbonyl (C=O) groups is 1. The Balaban J connectivity index is 1.56. The minimum atomic E-state index is -0.957. The fraction of sp³-hybridized carbons (Fsp3) is 0.958. The van der Waals surface area contributed by atoms with E-state index in [4.69, 9.17) is 0 Å². The summed E-state index contributed by atoms with van der Waals surface area (Å²) in [6.07, 6.45) is 8.98. The Morgan fingerprint density at radius 3 is 2.54 bits per heavy atom. The first-order chi connectivity index (χ1) is 13.2. The van der Waals surface area contributed by atoms with Crippen LogP contribution in [0.2, 0.25) is 0 Å². The molecule has 0 amide bonds. The lowest BCUT2D eigenvalue weighted by molar-refractivity contribution is -0.306. The largest absolute Gasteiger partial charge is 0.550 e. The van der Waals surface area contributed by atoms with Gasteiger partial charge in [0.15, 0.2) is 0 Å². The lowest BCUT2D eigenvalue weighted by atomic mass is 9.43. The zero-order chi connectivity index (χ0) is 20.3. The van der Waals surface area contributed by atoms with E-state index in [0.717, 1.165) is 32.1 Å². The van der Waals surface area contributed by atoms with Crippen LogP contribution in [0.25, 0.3) is 0 Å². The average molecular weight is 392 g/mol. The van der Waals surface area contributed by atoms with Gasteiger partial charge in [0.2, 0.25) is 0 Å². The number of carbonyl (C=O) groups excluding carboxylic acids is 1. The summed E-state index contributed by atoms with van der Waals surface area (Å²) < 4.78 is 0. The van der Waals surface area contributed by atoms with Crippen molar-refractivity contribution >= 4 is 5.97 Å². The lowest BCUT2D eigenvalue weighted by Gasteiger charge is -2.62. The van der Waals surface area contributed by atoms with Crippen LogP contribution in [-0.2, 0) is 4.79 Å². The third-order valence-electron chi connectivity index (χ3n) is 10.3. The van der Waals surface area contributed by atoms with E-state index < -0.39 is 5.97 Å². The highest BCUT2D eigenvalue weighted by molar-refractivity contribution is 5.64. The Labute approximate surface area is 170 Å². The molecular formula is C24H39O4-. The minimum Gasteiger partial charge on any atom is -0.550 e. The maximum atomic E-state index is 11.5. The summed E-state index contributed by atoms with van der Waals surface area (Å²) in [5.74, 6) is 2.19. The summed E-state index contributed by atoms with van der Waals surface area (Å²) in [6.45, 7) is 6.94. The summed E-state index contributed by atoms with van der Waals surface area (Å²) in [5, 5.41) is 32.6. The molecule has 4 aliphatic rings. The third kappa shape index (κ3) is 3.05. The molecule has 0 aromatic rings. The Morgan fingerprint density at radius 1 is 1.07 bits per heavy atom. The summed E-state index contributed by atoms with van der Waals surface area (Å²) >= 11 is 0. The number of carboxylic acid groups (broad SMARTS) is 1. The van der Waals surface area contributed by atoms with Crippen LogP contribution in [0.1, 0.15) is 85.0 Å². The molecule has 4 fully saturated rings. The fourth-order valence-electron chi connectivity index (χ4n) is 8.71. The Hall–Kier alpha value is -0.610. The molecular weight excluding hydrogens is 352 g/mol. The number of hydrogen-bond donors (Lipinski definition) is 2. The average Bonchev–Trinajstić information content (AvgIpc) is 3.00. The van der Waals surface area contributed by atoms with Crippen LogP contribution in [0.15, 0.2) is 0 Å². The second-order valence-electron chi connectivity index (χ2n) is 11.3. The van der Waals surface area contributed by atoms with Gasteiger partial charge in [-0.2, -0.15) is 0 Å². The minimum absolute atomic E-state index is 0.0795. The highest BCUT2D eigenvalue weighted by atomic mass is 16.4. The van der Waals surface area contributed by atoms with Crippen molar-refractivity contribution in [3.8, 4) is 0 Å². The monoisotopic (exact) mass is 391 g/mol. The molecule has 10 unspecified atom stereocenters. The molecule has 0 bridgehead atoms. The van der Waals surface area contributed by atoms with Gasteiger partial charge in [-0.3, -0.25) is 0 Å². The number of carboxylic acids is 1. The summed E-state index contributed by atoms with van der Waals surface area (Å²) in [7, 11) is 0. The van der Waals surface area contributed by atoms with Crippen LogP contribution >= 0.6 is 0 Å². The standard InChI is InChI=1S/C24H40O4/c1-14(4-9-22(27)28)18-7-8-19-17-6-5-15-12-16(25)10-11-23(15,2)20(17)13-21(26)24(18,19)3/h14-21,25-26H,4-13H2,1-3H3,(H,27,28)/p-1. The van der Waals surface area contributed by atoms with E-state index in [0.29, 0.717) is 41.9 Å². The number of hydrogen-bond acceptors (Lipinski definition) is 4. The van der Waals surface area contributed by atoms with E-state index in [1.54, 1.807) is 0 Å². The van der Waals surface area contributed by atoms with Crippen LogP contribution in [0.4, 0.5) is 0 Å². The summed E-state index contributed by atoms with van der Waals surface area (Å²) in [4.78, 5) is 10.9. The zero-order valence-corrected chi connectivity index (χ0v) is 17.9. The van der Waals surface area contributed by atoms with Crippen molar-refractivity contribution < 1.29 is 20.1 Å². The normalized spacial score (nSPS) is 51.7. The maximum absolute atomic E-state index is 11.5. The third-order valence-corrected chi connectivity index (χ3v) is 10.3. The van der Waals surface area contributed by atoms with Gasteiger partial charge in [0, 0.05) is 5.97 Å². The van der Waals surface area contributed by atoms with Crippen molar-refractivity contribution in [2.45, 2.75) is 97.2 Å². The molecule has 10 atom stereocenters. The number of aliphatic hydroxyl groups excluding tert-OH is 2. The Bertz CT molecular complexity index is 605. The van der Waals surface area contributed by atoms with E-state index in [1.165, 1.54) is 19.3 Å². The molecule has 0 saturated heterocycles. The summed E-state index contributed by atoms with van der Waals surface area (Å²) in [5.41, 5.74) is 0.188. The van der Waals surface area contributed by atoms with Gasteiger partial charge in [-0.1, -0.05) is 20.8 Å². The second-order valence-corrected chi connectivity index (χ2v) is 11.3. The van der Waals surface area contributed by atoms with Gasteiger partial charge in [-0.25, -0.2) is 0 Å².